The number of rotatable bonds is 4. The number of nitrogens with zero attached hydrogens (tertiary/aromatic N) is 4. The molecule has 0 radical (unpaired) electrons. The van der Waals surface area contributed by atoms with Crippen LogP contribution in [0.4, 0.5) is 5.95 Å². The van der Waals surface area contributed by atoms with Gasteiger partial charge in [-0.1, -0.05) is 13.8 Å². The number of nitrogens with one attached hydrogen (secondary N) is 2. The third-order valence-corrected chi connectivity index (χ3v) is 6.07. The van der Waals surface area contributed by atoms with E-state index in [-0.39, 0.29) is 0 Å². The SMILES string of the molecule is COc1nc(NC2CCC(C)(C)CC2)nc2[nH]cc(-c3ccn4nccc4c3)c12. The minimum Gasteiger partial charge on any atom is -0.480 e. The summed E-state index contributed by atoms with van der Waals surface area (Å²) in [6.45, 7) is 4.69. The molecule has 0 aromatic carbocycles. The highest BCUT2D eigenvalue weighted by molar-refractivity contribution is 5.98. The average Bonchev–Trinajstić information content (AvgIpc) is 3.35. The molecule has 2 N–H and O–H groups in total. The van der Waals surface area contributed by atoms with Gasteiger partial charge in [0.1, 0.15) is 5.65 Å². The van der Waals surface area contributed by atoms with Crippen molar-refractivity contribution in [2.75, 3.05) is 12.4 Å². The second-order valence-electron chi connectivity index (χ2n) is 8.68. The number of anilines is 1. The Kier molecular flexibility index (Phi) is 4.19. The van der Waals surface area contributed by atoms with Crippen molar-refractivity contribution in [1.29, 1.82) is 0 Å². The Balaban J connectivity index is 1.49. The first-order valence-corrected chi connectivity index (χ1v) is 10.2. The molecule has 5 rings (SSSR count). The van der Waals surface area contributed by atoms with Gasteiger partial charge in [0.05, 0.1) is 18.0 Å². The summed E-state index contributed by atoms with van der Waals surface area (Å²) in [5.41, 5.74) is 4.34. The van der Waals surface area contributed by atoms with E-state index in [0.29, 0.717) is 23.3 Å². The molecule has 0 unspecified atom stereocenters. The fraction of sp³-hybridized carbons (Fsp3) is 0.409. The summed E-state index contributed by atoms with van der Waals surface area (Å²) in [6, 6.07) is 6.53. The van der Waals surface area contributed by atoms with Crippen LogP contribution in [0, 0.1) is 5.41 Å². The highest BCUT2D eigenvalue weighted by Crippen LogP contribution is 2.37. The molecule has 4 aromatic heterocycles. The van der Waals surface area contributed by atoms with Crippen molar-refractivity contribution in [1.82, 2.24) is 24.6 Å². The molecule has 4 aromatic rings. The number of aromatic amines is 1. The zero-order chi connectivity index (χ0) is 20.0. The van der Waals surface area contributed by atoms with Crippen molar-refractivity contribution < 1.29 is 4.74 Å². The van der Waals surface area contributed by atoms with Gasteiger partial charge < -0.3 is 15.0 Å². The van der Waals surface area contributed by atoms with Gasteiger partial charge in [0.25, 0.3) is 0 Å². The van der Waals surface area contributed by atoms with Crippen molar-refractivity contribution in [3.05, 3.63) is 36.8 Å². The van der Waals surface area contributed by atoms with Crippen molar-refractivity contribution in [3.8, 4) is 17.0 Å². The van der Waals surface area contributed by atoms with Crippen LogP contribution in [0.2, 0.25) is 0 Å². The van der Waals surface area contributed by atoms with Crippen molar-refractivity contribution in [2.24, 2.45) is 5.41 Å². The standard InChI is InChI=1S/C22H26N6O/c1-22(2)8-4-15(5-9-22)25-21-26-19-18(20(27-21)29-3)17(13-23-19)14-7-11-28-16(12-14)6-10-24-28/h6-7,10-13,15H,4-5,8-9H2,1-3H3,(H2,23,25,26,27). The predicted molar refractivity (Wildman–Crippen MR) is 114 cm³/mol. The Labute approximate surface area is 169 Å². The fourth-order valence-electron chi connectivity index (χ4n) is 4.26. The Hall–Kier alpha value is -3.09. The molecule has 1 saturated carbocycles. The minimum absolute atomic E-state index is 0.406. The van der Waals surface area contributed by atoms with E-state index in [2.05, 4.69) is 40.3 Å². The first-order valence-electron chi connectivity index (χ1n) is 10.2. The highest BCUT2D eigenvalue weighted by atomic mass is 16.5. The van der Waals surface area contributed by atoms with E-state index in [1.165, 1.54) is 12.8 Å². The second-order valence-corrected chi connectivity index (χ2v) is 8.68. The lowest BCUT2D eigenvalue weighted by molar-refractivity contribution is 0.232. The van der Waals surface area contributed by atoms with Gasteiger partial charge in [-0.15, -0.1) is 0 Å². The van der Waals surface area contributed by atoms with Crippen LogP contribution < -0.4 is 10.1 Å². The van der Waals surface area contributed by atoms with Crippen LogP contribution in [-0.4, -0.2) is 37.7 Å². The summed E-state index contributed by atoms with van der Waals surface area (Å²) in [5, 5.41) is 8.68. The smallest absolute Gasteiger partial charge is 0.228 e. The molecule has 1 aliphatic carbocycles. The molecule has 0 saturated heterocycles. The topological polar surface area (TPSA) is 80.1 Å². The first kappa shape index (κ1) is 18.0. The van der Waals surface area contributed by atoms with Gasteiger partial charge in [-0.05, 0) is 54.9 Å². The van der Waals surface area contributed by atoms with Gasteiger partial charge in [0, 0.05) is 30.2 Å². The van der Waals surface area contributed by atoms with E-state index < -0.39 is 0 Å². The largest absolute Gasteiger partial charge is 0.480 e. The Bertz CT molecular complexity index is 1160. The minimum atomic E-state index is 0.406. The van der Waals surface area contributed by atoms with Crippen molar-refractivity contribution in [3.63, 3.8) is 0 Å². The molecule has 29 heavy (non-hydrogen) atoms. The summed E-state index contributed by atoms with van der Waals surface area (Å²) in [4.78, 5) is 12.7. The number of hydrogen-bond acceptors (Lipinski definition) is 5. The third-order valence-electron chi connectivity index (χ3n) is 6.07. The van der Waals surface area contributed by atoms with E-state index in [9.17, 15) is 0 Å². The molecule has 0 aliphatic heterocycles. The van der Waals surface area contributed by atoms with Gasteiger partial charge in [-0.25, -0.2) is 4.52 Å². The lowest BCUT2D eigenvalue weighted by atomic mass is 9.76. The van der Waals surface area contributed by atoms with Crippen LogP contribution in [0.25, 0.3) is 27.7 Å². The molecule has 7 nitrogen and oxygen atoms in total. The molecule has 0 bridgehead atoms. The summed E-state index contributed by atoms with van der Waals surface area (Å²) >= 11 is 0. The normalized spacial score (nSPS) is 17.1. The zero-order valence-corrected chi connectivity index (χ0v) is 17.1. The number of methoxy groups -OCH3 is 1. The monoisotopic (exact) mass is 390 g/mol. The molecule has 1 fully saturated rings. The van der Waals surface area contributed by atoms with E-state index in [0.717, 1.165) is 40.5 Å². The van der Waals surface area contributed by atoms with Gasteiger partial charge in [-0.3, -0.25) is 0 Å². The van der Waals surface area contributed by atoms with Gasteiger partial charge in [-0.2, -0.15) is 15.1 Å². The number of H-pyrrole nitrogens is 1. The van der Waals surface area contributed by atoms with E-state index in [1.807, 2.05) is 29.0 Å². The summed E-state index contributed by atoms with van der Waals surface area (Å²) in [5.74, 6) is 1.21. The number of hydrogen-bond donors (Lipinski definition) is 2. The molecular weight excluding hydrogens is 364 g/mol. The lowest BCUT2D eigenvalue weighted by Gasteiger charge is -2.34. The Morgan fingerprint density at radius 2 is 2.03 bits per heavy atom. The number of aromatic nitrogens is 5. The fourth-order valence-corrected chi connectivity index (χ4v) is 4.26. The van der Waals surface area contributed by atoms with Crippen molar-refractivity contribution >= 4 is 22.5 Å². The summed E-state index contributed by atoms with van der Waals surface area (Å²) in [7, 11) is 1.66. The number of fused-ring (bicyclic) bond motifs is 2. The van der Waals surface area contributed by atoms with Gasteiger partial charge >= 0.3 is 0 Å². The van der Waals surface area contributed by atoms with E-state index in [1.54, 1.807) is 13.3 Å². The highest BCUT2D eigenvalue weighted by Gasteiger charge is 2.27. The maximum absolute atomic E-state index is 5.65. The van der Waals surface area contributed by atoms with Crippen LogP contribution in [-0.2, 0) is 0 Å². The Morgan fingerprint density at radius 1 is 1.21 bits per heavy atom. The van der Waals surface area contributed by atoms with Crippen LogP contribution in [0.1, 0.15) is 39.5 Å². The number of pyridine rings is 1. The first-order chi connectivity index (χ1) is 14.0. The maximum atomic E-state index is 5.65. The van der Waals surface area contributed by atoms with Gasteiger partial charge in [0.2, 0.25) is 11.8 Å². The molecule has 7 heteroatoms. The van der Waals surface area contributed by atoms with Crippen LogP contribution >= 0.6 is 0 Å². The van der Waals surface area contributed by atoms with E-state index in [4.69, 9.17) is 9.72 Å². The molecule has 0 atom stereocenters. The molecule has 1 aliphatic rings. The average molecular weight is 390 g/mol. The summed E-state index contributed by atoms with van der Waals surface area (Å²) < 4.78 is 7.50. The Morgan fingerprint density at radius 3 is 2.83 bits per heavy atom. The third kappa shape index (κ3) is 3.30. The van der Waals surface area contributed by atoms with Crippen LogP contribution in [0.3, 0.4) is 0 Å². The van der Waals surface area contributed by atoms with Gasteiger partial charge in [0.15, 0.2) is 0 Å². The summed E-state index contributed by atoms with van der Waals surface area (Å²) in [6.07, 6.45) is 10.4. The van der Waals surface area contributed by atoms with Crippen LogP contribution in [0.5, 0.6) is 5.88 Å². The lowest BCUT2D eigenvalue weighted by Crippen LogP contribution is -2.30. The molecule has 150 valence electrons. The second kappa shape index (κ2) is 6.76. The van der Waals surface area contributed by atoms with Crippen LogP contribution in [0.15, 0.2) is 36.8 Å². The number of ether oxygens (including phenoxy) is 1. The molecule has 0 spiro atoms. The molecule has 0 amide bonds. The predicted octanol–water partition coefficient (Wildman–Crippen LogP) is 4.66. The quantitative estimate of drug-likeness (QED) is 0.530. The maximum Gasteiger partial charge on any atom is 0.228 e. The molecular formula is C22H26N6O. The molecule has 4 heterocycles. The van der Waals surface area contributed by atoms with E-state index >= 15 is 0 Å². The van der Waals surface area contributed by atoms with Crippen molar-refractivity contribution in [2.45, 2.75) is 45.6 Å². The zero-order valence-electron chi connectivity index (χ0n) is 17.1.